The molecule has 1 N–H and O–H groups in total. The highest BCUT2D eigenvalue weighted by Gasteiger charge is 2.21. The van der Waals surface area contributed by atoms with Gasteiger partial charge in [-0.3, -0.25) is 0 Å². The van der Waals surface area contributed by atoms with Crippen LogP contribution in [0.2, 0.25) is 10.2 Å². The quantitative estimate of drug-likeness (QED) is 0.894. The summed E-state index contributed by atoms with van der Waals surface area (Å²) in [5, 5.41) is 4.35. The Kier molecular flexibility index (Phi) is 4.75. The fourth-order valence-corrected chi connectivity index (χ4v) is 2.31. The first-order chi connectivity index (χ1) is 9.15. The van der Waals surface area contributed by atoms with E-state index in [0.717, 1.165) is 23.6 Å². The Labute approximate surface area is 122 Å². The molecule has 1 unspecified atom stereocenters. The lowest BCUT2D eigenvalue weighted by Crippen LogP contribution is -2.22. The fourth-order valence-electron chi connectivity index (χ4n) is 1.98. The molecule has 0 aliphatic rings. The molecule has 5 heteroatoms. The van der Waals surface area contributed by atoms with Crippen LogP contribution in [0.15, 0.2) is 34.7 Å². The Morgan fingerprint density at radius 2 is 2.05 bits per heavy atom. The lowest BCUT2D eigenvalue weighted by atomic mass is 10.0. The summed E-state index contributed by atoms with van der Waals surface area (Å²) in [5.74, 6) is 1.48. The normalized spacial score (nSPS) is 12.4. The van der Waals surface area contributed by atoms with Crippen LogP contribution in [0.25, 0.3) is 0 Å². The molecule has 3 nitrogen and oxygen atoms in total. The molecule has 0 aliphatic carbocycles. The second-order valence-corrected chi connectivity index (χ2v) is 4.83. The molecule has 0 aliphatic heterocycles. The zero-order chi connectivity index (χ0) is 13.8. The molecule has 0 saturated heterocycles. The van der Waals surface area contributed by atoms with Crippen molar-refractivity contribution in [1.82, 2.24) is 5.32 Å². The van der Waals surface area contributed by atoms with Crippen LogP contribution in [-0.4, -0.2) is 13.7 Å². The molecule has 0 radical (unpaired) electrons. The van der Waals surface area contributed by atoms with Crippen LogP contribution >= 0.6 is 23.2 Å². The first-order valence-corrected chi connectivity index (χ1v) is 6.73. The highest BCUT2D eigenvalue weighted by Crippen LogP contribution is 2.33. The van der Waals surface area contributed by atoms with Crippen LogP contribution in [0.5, 0.6) is 5.75 Å². The van der Waals surface area contributed by atoms with E-state index < -0.39 is 0 Å². The number of rotatable bonds is 5. The Bertz CT molecular complexity index is 554. The standard InChI is InChI=1S/C14H15Cl2NO2/c1-3-17-14(12-6-7-13(16)19-12)10-8-9(15)4-5-11(10)18-2/h4-8,14,17H,3H2,1-2H3. The summed E-state index contributed by atoms with van der Waals surface area (Å²) in [6, 6.07) is 8.92. The van der Waals surface area contributed by atoms with Crippen LogP contribution in [0.3, 0.4) is 0 Å². The zero-order valence-electron chi connectivity index (χ0n) is 10.7. The van der Waals surface area contributed by atoms with Crippen molar-refractivity contribution >= 4 is 23.2 Å². The van der Waals surface area contributed by atoms with Crippen molar-refractivity contribution in [3.63, 3.8) is 0 Å². The number of ether oxygens (including phenoxy) is 1. The van der Waals surface area contributed by atoms with Gasteiger partial charge in [0, 0.05) is 10.6 Å². The molecule has 1 aromatic heterocycles. The van der Waals surface area contributed by atoms with Crippen LogP contribution in [-0.2, 0) is 0 Å². The molecule has 2 rings (SSSR count). The van der Waals surface area contributed by atoms with E-state index in [1.165, 1.54) is 0 Å². The summed E-state index contributed by atoms with van der Waals surface area (Å²) in [7, 11) is 1.63. The second kappa shape index (κ2) is 6.33. The highest BCUT2D eigenvalue weighted by atomic mass is 35.5. The van der Waals surface area contributed by atoms with Gasteiger partial charge in [-0.2, -0.15) is 0 Å². The van der Waals surface area contributed by atoms with Gasteiger partial charge in [0.1, 0.15) is 11.5 Å². The first-order valence-electron chi connectivity index (χ1n) is 5.97. The van der Waals surface area contributed by atoms with Crippen molar-refractivity contribution in [3.8, 4) is 5.75 Å². The number of hydrogen-bond acceptors (Lipinski definition) is 3. The maximum Gasteiger partial charge on any atom is 0.193 e. The van der Waals surface area contributed by atoms with Crippen LogP contribution in [0, 0.1) is 0 Å². The number of furan rings is 1. The molecule has 0 amide bonds. The number of methoxy groups -OCH3 is 1. The lowest BCUT2D eigenvalue weighted by Gasteiger charge is -2.19. The molecule has 0 bridgehead atoms. The minimum absolute atomic E-state index is 0.147. The van der Waals surface area contributed by atoms with E-state index in [4.69, 9.17) is 32.4 Å². The average Bonchev–Trinajstić information content (AvgIpc) is 2.82. The van der Waals surface area contributed by atoms with Gasteiger partial charge in [0.15, 0.2) is 5.22 Å². The molecule has 2 aromatic rings. The molecule has 0 saturated carbocycles. The van der Waals surface area contributed by atoms with Gasteiger partial charge < -0.3 is 14.5 Å². The van der Waals surface area contributed by atoms with Gasteiger partial charge in [0.2, 0.25) is 0 Å². The Morgan fingerprint density at radius 1 is 1.26 bits per heavy atom. The van der Waals surface area contributed by atoms with Crippen molar-refractivity contribution in [2.45, 2.75) is 13.0 Å². The molecule has 1 aromatic carbocycles. The second-order valence-electron chi connectivity index (χ2n) is 4.02. The van der Waals surface area contributed by atoms with Gasteiger partial charge >= 0.3 is 0 Å². The predicted octanol–water partition coefficient (Wildman–Crippen LogP) is 4.29. The van der Waals surface area contributed by atoms with Gasteiger partial charge in [-0.25, -0.2) is 0 Å². The molecule has 102 valence electrons. The molecular weight excluding hydrogens is 285 g/mol. The third-order valence-electron chi connectivity index (χ3n) is 2.79. The van der Waals surface area contributed by atoms with E-state index in [1.807, 2.05) is 25.1 Å². The molecular formula is C14H15Cl2NO2. The summed E-state index contributed by atoms with van der Waals surface area (Å²) >= 11 is 11.9. The Balaban J connectivity index is 2.46. The maximum atomic E-state index is 6.07. The largest absolute Gasteiger partial charge is 0.496 e. The van der Waals surface area contributed by atoms with E-state index in [2.05, 4.69) is 5.32 Å². The molecule has 19 heavy (non-hydrogen) atoms. The molecule has 1 atom stereocenters. The summed E-state index contributed by atoms with van der Waals surface area (Å²) in [4.78, 5) is 0. The number of benzene rings is 1. The summed E-state index contributed by atoms with van der Waals surface area (Å²) in [5.41, 5.74) is 0.919. The summed E-state index contributed by atoms with van der Waals surface area (Å²) in [6.07, 6.45) is 0. The zero-order valence-corrected chi connectivity index (χ0v) is 12.3. The van der Waals surface area contributed by atoms with Gasteiger partial charge in [-0.15, -0.1) is 0 Å². The monoisotopic (exact) mass is 299 g/mol. The average molecular weight is 300 g/mol. The van der Waals surface area contributed by atoms with Gasteiger partial charge in [-0.05, 0) is 48.5 Å². The van der Waals surface area contributed by atoms with Crippen LogP contribution < -0.4 is 10.1 Å². The molecule has 0 fully saturated rings. The van der Waals surface area contributed by atoms with E-state index in [0.29, 0.717) is 10.2 Å². The predicted molar refractivity (Wildman–Crippen MR) is 77.2 cm³/mol. The first kappa shape index (κ1) is 14.3. The summed E-state index contributed by atoms with van der Waals surface area (Å²) < 4.78 is 10.9. The maximum absolute atomic E-state index is 6.07. The van der Waals surface area contributed by atoms with Crippen molar-refractivity contribution in [1.29, 1.82) is 0 Å². The van der Waals surface area contributed by atoms with E-state index in [1.54, 1.807) is 19.2 Å². The van der Waals surface area contributed by atoms with Crippen molar-refractivity contribution in [2.75, 3.05) is 13.7 Å². The third-order valence-corrected chi connectivity index (χ3v) is 3.23. The minimum atomic E-state index is -0.147. The van der Waals surface area contributed by atoms with Gasteiger partial charge in [-0.1, -0.05) is 18.5 Å². The van der Waals surface area contributed by atoms with Crippen LogP contribution in [0.4, 0.5) is 0 Å². The van der Waals surface area contributed by atoms with E-state index >= 15 is 0 Å². The third kappa shape index (κ3) is 3.24. The SMILES string of the molecule is CCNC(c1ccc(Cl)o1)c1cc(Cl)ccc1OC. The summed E-state index contributed by atoms with van der Waals surface area (Å²) in [6.45, 7) is 2.80. The van der Waals surface area contributed by atoms with E-state index in [9.17, 15) is 0 Å². The van der Waals surface area contributed by atoms with Crippen molar-refractivity contribution in [2.24, 2.45) is 0 Å². The van der Waals surface area contributed by atoms with Crippen molar-refractivity contribution in [3.05, 3.63) is 51.9 Å². The fraction of sp³-hybridized carbons (Fsp3) is 0.286. The lowest BCUT2D eigenvalue weighted by molar-refractivity contribution is 0.394. The van der Waals surface area contributed by atoms with E-state index in [-0.39, 0.29) is 6.04 Å². The van der Waals surface area contributed by atoms with Crippen LogP contribution in [0.1, 0.15) is 24.3 Å². The molecule has 1 heterocycles. The minimum Gasteiger partial charge on any atom is -0.496 e. The Morgan fingerprint density at radius 3 is 2.63 bits per heavy atom. The Hall–Kier alpha value is -1.16. The smallest absolute Gasteiger partial charge is 0.193 e. The topological polar surface area (TPSA) is 34.4 Å². The molecule has 0 spiro atoms. The number of hydrogen-bond donors (Lipinski definition) is 1. The highest BCUT2D eigenvalue weighted by molar-refractivity contribution is 6.30. The number of halogens is 2. The van der Waals surface area contributed by atoms with Gasteiger partial charge in [0.25, 0.3) is 0 Å². The van der Waals surface area contributed by atoms with Gasteiger partial charge in [0.05, 0.1) is 13.2 Å². The van der Waals surface area contributed by atoms with Crippen molar-refractivity contribution < 1.29 is 9.15 Å². The number of nitrogens with one attached hydrogen (secondary N) is 1.